The first-order chi connectivity index (χ1) is 9.88. The van der Waals surface area contributed by atoms with E-state index in [1.54, 1.807) is 0 Å². The quantitative estimate of drug-likeness (QED) is 0.720. The first kappa shape index (κ1) is 14.4. The second-order valence-corrected chi connectivity index (χ2v) is 5.98. The molecule has 1 saturated carbocycles. The number of amides is 1. The standard InChI is InChI=1S/C14H16F3N3O/c1-2-3-6-13(18-19-13)7-4-10(21)20-8-5-9-11(12(9)20)14(15,16)17/h1,9,11-12H,3-8H2. The van der Waals surface area contributed by atoms with E-state index in [2.05, 4.69) is 16.1 Å². The van der Waals surface area contributed by atoms with Crippen molar-refractivity contribution < 1.29 is 18.0 Å². The molecule has 2 aliphatic heterocycles. The number of carbonyl (C=O) groups excluding carboxylic acids is 1. The molecule has 0 aromatic heterocycles. The molecule has 0 bridgehead atoms. The molecule has 21 heavy (non-hydrogen) atoms. The van der Waals surface area contributed by atoms with Crippen LogP contribution in [-0.2, 0) is 4.79 Å². The summed E-state index contributed by atoms with van der Waals surface area (Å²) in [5.41, 5.74) is -0.547. The number of hydrogen-bond acceptors (Lipinski definition) is 3. The number of piperidine rings is 1. The summed E-state index contributed by atoms with van der Waals surface area (Å²) >= 11 is 0. The molecule has 0 aromatic rings. The van der Waals surface area contributed by atoms with Gasteiger partial charge in [0.05, 0.1) is 5.92 Å². The van der Waals surface area contributed by atoms with Crippen LogP contribution in [0.5, 0.6) is 0 Å². The van der Waals surface area contributed by atoms with E-state index in [0.29, 0.717) is 32.2 Å². The van der Waals surface area contributed by atoms with E-state index in [0.717, 1.165) is 0 Å². The Kier molecular flexibility index (Phi) is 3.23. The number of likely N-dealkylation sites (tertiary alicyclic amines) is 1. The summed E-state index contributed by atoms with van der Waals surface area (Å²) in [6, 6.07) is -0.632. The highest BCUT2D eigenvalue weighted by molar-refractivity contribution is 5.77. The van der Waals surface area contributed by atoms with Crippen LogP contribution >= 0.6 is 0 Å². The molecule has 1 amide bonds. The summed E-state index contributed by atoms with van der Waals surface area (Å²) in [5, 5.41) is 7.86. The predicted molar refractivity (Wildman–Crippen MR) is 68.0 cm³/mol. The molecule has 3 rings (SSSR count). The fourth-order valence-corrected chi connectivity index (χ4v) is 3.41. The number of alkyl halides is 3. The van der Waals surface area contributed by atoms with Crippen LogP contribution in [0.4, 0.5) is 13.2 Å². The van der Waals surface area contributed by atoms with Crippen molar-refractivity contribution in [2.45, 2.75) is 50.0 Å². The van der Waals surface area contributed by atoms with Crippen molar-refractivity contribution in [3.05, 3.63) is 0 Å². The van der Waals surface area contributed by atoms with E-state index in [1.165, 1.54) is 4.90 Å². The normalized spacial score (nSPS) is 31.7. The molecule has 3 atom stereocenters. The van der Waals surface area contributed by atoms with Gasteiger partial charge >= 0.3 is 6.18 Å². The van der Waals surface area contributed by atoms with Crippen molar-refractivity contribution in [2.24, 2.45) is 22.1 Å². The first-order valence-corrected chi connectivity index (χ1v) is 7.12. The number of terminal acetylenes is 1. The number of halogens is 3. The highest BCUT2D eigenvalue weighted by atomic mass is 19.4. The number of fused-ring (bicyclic) bond motifs is 1. The summed E-state index contributed by atoms with van der Waals surface area (Å²) in [4.78, 5) is 13.5. The maximum atomic E-state index is 12.7. The minimum absolute atomic E-state index is 0.186. The first-order valence-electron chi connectivity index (χ1n) is 7.12. The molecule has 0 N–H and O–H groups in total. The average Bonchev–Trinajstić information content (AvgIpc) is 3.31. The minimum atomic E-state index is -4.19. The average molecular weight is 299 g/mol. The van der Waals surface area contributed by atoms with Crippen molar-refractivity contribution in [3.63, 3.8) is 0 Å². The Labute approximate surface area is 120 Å². The molecule has 1 saturated heterocycles. The molecule has 1 aliphatic carbocycles. The van der Waals surface area contributed by atoms with Gasteiger partial charge in [0.1, 0.15) is 0 Å². The topological polar surface area (TPSA) is 45.0 Å². The molecular formula is C14H16F3N3O. The van der Waals surface area contributed by atoms with Gasteiger partial charge in [0.25, 0.3) is 0 Å². The zero-order valence-electron chi connectivity index (χ0n) is 11.4. The van der Waals surface area contributed by atoms with Gasteiger partial charge in [-0.25, -0.2) is 0 Å². The van der Waals surface area contributed by atoms with Crippen LogP contribution in [0, 0.1) is 24.2 Å². The smallest absolute Gasteiger partial charge is 0.339 e. The molecule has 0 aromatic carbocycles. The number of carbonyl (C=O) groups is 1. The Hall–Kier alpha value is -1.58. The molecular weight excluding hydrogens is 283 g/mol. The highest BCUT2D eigenvalue weighted by Crippen LogP contribution is 2.58. The van der Waals surface area contributed by atoms with Gasteiger partial charge in [-0.2, -0.15) is 23.4 Å². The van der Waals surface area contributed by atoms with Gasteiger partial charge in [0.2, 0.25) is 5.91 Å². The Balaban J connectivity index is 1.50. The number of hydrogen-bond donors (Lipinski definition) is 0. The third kappa shape index (κ3) is 2.63. The molecule has 7 heteroatoms. The van der Waals surface area contributed by atoms with Crippen LogP contribution in [0.15, 0.2) is 10.2 Å². The van der Waals surface area contributed by atoms with E-state index >= 15 is 0 Å². The molecule has 0 radical (unpaired) electrons. The van der Waals surface area contributed by atoms with E-state index in [9.17, 15) is 18.0 Å². The summed E-state index contributed by atoms with van der Waals surface area (Å²) in [6.07, 6.45) is 3.22. The SMILES string of the molecule is C#CCCC1(CCC(=O)N2CCC3C2C3C(F)(F)F)N=N1. The summed E-state index contributed by atoms with van der Waals surface area (Å²) < 4.78 is 38.2. The summed E-state index contributed by atoms with van der Waals surface area (Å²) in [5.74, 6) is 0.578. The van der Waals surface area contributed by atoms with Crippen molar-refractivity contribution in [1.29, 1.82) is 0 Å². The predicted octanol–water partition coefficient (Wildman–Crippen LogP) is 2.75. The van der Waals surface area contributed by atoms with Crippen molar-refractivity contribution in [1.82, 2.24) is 4.90 Å². The molecule has 114 valence electrons. The maximum absolute atomic E-state index is 12.7. The lowest BCUT2D eigenvalue weighted by Gasteiger charge is -2.21. The Morgan fingerprint density at radius 2 is 2.10 bits per heavy atom. The van der Waals surface area contributed by atoms with Crippen LogP contribution in [0.25, 0.3) is 0 Å². The summed E-state index contributed by atoms with van der Waals surface area (Å²) in [6.45, 7) is 0.437. The fourth-order valence-electron chi connectivity index (χ4n) is 3.41. The molecule has 2 fully saturated rings. The van der Waals surface area contributed by atoms with Gasteiger partial charge in [-0.3, -0.25) is 4.79 Å². The molecule has 3 unspecified atom stereocenters. The lowest BCUT2D eigenvalue weighted by atomic mass is 10.0. The van der Waals surface area contributed by atoms with E-state index in [1.807, 2.05) is 0 Å². The third-order valence-corrected chi connectivity index (χ3v) is 4.68. The lowest BCUT2D eigenvalue weighted by Crippen LogP contribution is -2.35. The molecule has 0 spiro atoms. The van der Waals surface area contributed by atoms with Gasteiger partial charge in [0.15, 0.2) is 5.66 Å². The Bertz CT molecular complexity index is 517. The Morgan fingerprint density at radius 1 is 1.38 bits per heavy atom. The zero-order valence-corrected chi connectivity index (χ0v) is 11.4. The van der Waals surface area contributed by atoms with Crippen LogP contribution in [0.2, 0.25) is 0 Å². The largest absolute Gasteiger partial charge is 0.394 e. The van der Waals surface area contributed by atoms with E-state index in [-0.39, 0.29) is 18.2 Å². The fraction of sp³-hybridized carbons (Fsp3) is 0.786. The monoisotopic (exact) mass is 299 g/mol. The third-order valence-electron chi connectivity index (χ3n) is 4.68. The number of rotatable bonds is 5. The van der Waals surface area contributed by atoms with Gasteiger partial charge in [-0.15, -0.1) is 12.3 Å². The van der Waals surface area contributed by atoms with Gasteiger partial charge in [-0.05, 0) is 12.3 Å². The molecule has 4 nitrogen and oxygen atoms in total. The zero-order chi connectivity index (χ0) is 15.3. The maximum Gasteiger partial charge on any atom is 0.394 e. The molecule has 3 aliphatic rings. The van der Waals surface area contributed by atoms with E-state index < -0.39 is 23.8 Å². The van der Waals surface area contributed by atoms with Crippen LogP contribution in [0.3, 0.4) is 0 Å². The van der Waals surface area contributed by atoms with Gasteiger partial charge < -0.3 is 4.90 Å². The van der Waals surface area contributed by atoms with Crippen molar-refractivity contribution in [2.75, 3.05) is 6.54 Å². The minimum Gasteiger partial charge on any atom is -0.339 e. The second kappa shape index (κ2) is 4.72. The van der Waals surface area contributed by atoms with Gasteiger partial charge in [0, 0.05) is 38.3 Å². The van der Waals surface area contributed by atoms with Crippen molar-refractivity contribution >= 4 is 5.91 Å². The van der Waals surface area contributed by atoms with Crippen LogP contribution in [0.1, 0.15) is 32.1 Å². The van der Waals surface area contributed by atoms with Crippen LogP contribution in [-0.4, -0.2) is 35.2 Å². The molecule has 2 heterocycles. The lowest BCUT2D eigenvalue weighted by molar-refractivity contribution is -0.159. The number of nitrogens with zero attached hydrogens (tertiary/aromatic N) is 3. The highest BCUT2D eigenvalue weighted by Gasteiger charge is 2.69. The summed E-state index contributed by atoms with van der Waals surface area (Å²) in [7, 11) is 0. The Morgan fingerprint density at radius 3 is 2.62 bits per heavy atom. The van der Waals surface area contributed by atoms with Crippen molar-refractivity contribution in [3.8, 4) is 12.3 Å². The van der Waals surface area contributed by atoms with Gasteiger partial charge in [-0.1, -0.05) is 0 Å². The van der Waals surface area contributed by atoms with Crippen LogP contribution < -0.4 is 0 Å². The van der Waals surface area contributed by atoms with E-state index in [4.69, 9.17) is 6.42 Å². The second-order valence-electron chi connectivity index (χ2n) is 5.98.